The maximum Gasteiger partial charge on any atom is 0.323 e. The molecule has 1 unspecified atom stereocenters. The largest absolute Gasteiger partial charge is 0.461 e. The van der Waals surface area contributed by atoms with Crippen LogP contribution in [-0.4, -0.2) is 24.7 Å². The molecule has 1 aliphatic heterocycles. The highest BCUT2D eigenvalue weighted by Gasteiger charge is 2.32. The minimum atomic E-state index is -0.0367. The van der Waals surface area contributed by atoms with Crippen molar-refractivity contribution < 1.29 is 9.53 Å². The van der Waals surface area contributed by atoms with Gasteiger partial charge in [0, 0.05) is 0 Å². The van der Waals surface area contributed by atoms with Crippen molar-refractivity contribution >= 4 is 5.97 Å². The summed E-state index contributed by atoms with van der Waals surface area (Å²) in [5.74, 6) is 0.753. The van der Waals surface area contributed by atoms with Crippen molar-refractivity contribution in [2.45, 2.75) is 71.4 Å². The Hall–Kier alpha value is -0.570. The molecule has 1 aliphatic carbocycles. The van der Waals surface area contributed by atoms with E-state index in [9.17, 15) is 4.79 Å². The van der Waals surface area contributed by atoms with E-state index in [1.807, 2.05) is 0 Å². The summed E-state index contributed by atoms with van der Waals surface area (Å²) in [5, 5.41) is 3.20. The van der Waals surface area contributed by atoms with Crippen LogP contribution in [-0.2, 0) is 9.53 Å². The Morgan fingerprint density at radius 2 is 1.78 bits per heavy atom. The lowest BCUT2D eigenvalue weighted by Gasteiger charge is -2.36. The van der Waals surface area contributed by atoms with Gasteiger partial charge in [0.25, 0.3) is 0 Å². The van der Waals surface area contributed by atoms with Crippen LogP contribution in [0.4, 0.5) is 0 Å². The number of nitrogens with one attached hydrogen (secondary N) is 1. The molecule has 0 spiro atoms. The van der Waals surface area contributed by atoms with E-state index in [0.717, 1.165) is 38.1 Å². The molecule has 0 amide bonds. The van der Waals surface area contributed by atoms with Gasteiger partial charge in [-0.05, 0) is 56.4 Å². The molecule has 0 bridgehead atoms. The Labute approximate surface area is 111 Å². The molecule has 1 saturated heterocycles. The van der Waals surface area contributed by atoms with Crippen molar-refractivity contribution in [3.05, 3.63) is 0 Å². The highest BCUT2D eigenvalue weighted by molar-refractivity contribution is 5.76. The fourth-order valence-corrected chi connectivity index (χ4v) is 3.18. The predicted octanol–water partition coefficient (Wildman–Crippen LogP) is 2.89. The number of ether oxygens (including phenoxy) is 1. The quantitative estimate of drug-likeness (QED) is 0.769. The van der Waals surface area contributed by atoms with Crippen LogP contribution in [0.1, 0.15) is 59.3 Å². The Kier molecular flexibility index (Phi) is 4.31. The molecule has 0 aromatic carbocycles. The van der Waals surface area contributed by atoms with Crippen LogP contribution in [0.15, 0.2) is 0 Å². The first kappa shape index (κ1) is 13.9. The van der Waals surface area contributed by atoms with Gasteiger partial charge in [-0.15, -0.1) is 0 Å². The maximum absolute atomic E-state index is 11.9. The van der Waals surface area contributed by atoms with E-state index in [-0.39, 0.29) is 18.1 Å². The summed E-state index contributed by atoms with van der Waals surface area (Å²) in [6, 6.07) is -0.0367. The van der Waals surface area contributed by atoms with E-state index in [2.05, 4.69) is 26.1 Å². The average Bonchev–Trinajstić information content (AvgIpc) is 2.82. The molecule has 0 aromatic heterocycles. The smallest absolute Gasteiger partial charge is 0.323 e. The van der Waals surface area contributed by atoms with Gasteiger partial charge in [-0.2, -0.15) is 0 Å². The Balaban J connectivity index is 1.75. The molecule has 1 atom stereocenters. The molecule has 0 aromatic rings. The van der Waals surface area contributed by atoms with Gasteiger partial charge in [0.15, 0.2) is 0 Å². The van der Waals surface area contributed by atoms with E-state index in [0.29, 0.717) is 5.41 Å². The second-order valence-electron chi connectivity index (χ2n) is 6.93. The number of esters is 1. The van der Waals surface area contributed by atoms with E-state index >= 15 is 0 Å². The van der Waals surface area contributed by atoms with Crippen molar-refractivity contribution in [2.75, 3.05) is 6.54 Å². The van der Waals surface area contributed by atoms with Gasteiger partial charge in [-0.3, -0.25) is 4.79 Å². The molecule has 2 fully saturated rings. The monoisotopic (exact) mass is 253 g/mol. The third kappa shape index (κ3) is 3.47. The molecule has 1 N–H and O–H groups in total. The molecular formula is C15H27NO2. The SMILES string of the molecule is CC(C)(C)C1CCC(OC(=O)C2CCCN2)CC1. The van der Waals surface area contributed by atoms with E-state index < -0.39 is 0 Å². The number of carbonyl (C=O) groups excluding carboxylic acids is 1. The van der Waals surface area contributed by atoms with Gasteiger partial charge in [0.05, 0.1) is 0 Å². The van der Waals surface area contributed by atoms with Crippen LogP contribution >= 0.6 is 0 Å². The molecule has 0 radical (unpaired) electrons. The number of rotatable bonds is 2. The van der Waals surface area contributed by atoms with Crippen LogP contribution in [0.25, 0.3) is 0 Å². The van der Waals surface area contributed by atoms with Crippen LogP contribution in [0, 0.1) is 11.3 Å². The zero-order chi connectivity index (χ0) is 13.2. The van der Waals surface area contributed by atoms with Crippen molar-refractivity contribution in [3.63, 3.8) is 0 Å². The highest BCUT2D eigenvalue weighted by atomic mass is 16.5. The zero-order valence-corrected chi connectivity index (χ0v) is 12.0. The summed E-state index contributed by atoms with van der Waals surface area (Å²) < 4.78 is 5.63. The van der Waals surface area contributed by atoms with Crippen LogP contribution in [0.5, 0.6) is 0 Å². The summed E-state index contributed by atoms with van der Waals surface area (Å²) in [6.07, 6.45) is 6.67. The normalized spacial score (nSPS) is 33.4. The Bertz CT molecular complexity index is 281. The van der Waals surface area contributed by atoms with Gasteiger partial charge in [-0.25, -0.2) is 0 Å². The van der Waals surface area contributed by atoms with Gasteiger partial charge < -0.3 is 10.1 Å². The third-order valence-electron chi connectivity index (χ3n) is 4.53. The third-order valence-corrected chi connectivity index (χ3v) is 4.53. The van der Waals surface area contributed by atoms with Crippen LogP contribution in [0.3, 0.4) is 0 Å². The van der Waals surface area contributed by atoms with Crippen molar-refractivity contribution in [1.82, 2.24) is 5.32 Å². The standard InChI is InChI=1S/C15H27NO2/c1-15(2,3)11-6-8-12(9-7-11)18-14(17)13-5-4-10-16-13/h11-13,16H,4-10H2,1-3H3. The summed E-state index contributed by atoms with van der Waals surface area (Å²) in [4.78, 5) is 11.9. The van der Waals surface area contributed by atoms with Crippen LogP contribution < -0.4 is 5.32 Å². The first-order valence-electron chi connectivity index (χ1n) is 7.40. The van der Waals surface area contributed by atoms with E-state index in [4.69, 9.17) is 4.74 Å². The second kappa shape index (κ2) is 5.60. The Morgan fingerprint density at radius 3 is 2.28 bits per heavy atom. The van der Waals surface area contributed by atoms with Crippen molar-refractivity contribution in [2.24, 2.45) is 11.3 Å². The molecule has 1 heterocycles. The van der Waals surface area contributed by atoms with Gasteiger partial charge >= 0.3 is 5.97 Å². The summed E-state index contributed by atoms with van der Waals surface area (Å²) in [7, 11) is 0. The van der Waals surface area contributed by atoms with Crippen LogP contribution in [0.2, 0.25) is 0 Å². The summed E-state index contributed by atoms with van der Waals surface area (Å²) in [6.45, 7) is 7.89. The molecule has 104 valence electrons. The fraction of sp³-hybridized carbons (Fsp3) is 0.933. The molecule has 18 heavy (non-hydrogen) atoms. The Morgan fingerprint density at radius 1 is 1.11 bits per heavy atom. The number of carbonyl (C=O) groups is 1. The first-order chi connectivity index (χ1) is 8.47. The van der Waals surface area contributed by atoms with E-state index in [1.165, 1.54) is 12.8 Å². The van der Waals surface area contributed by atoms with E-state index in [1.54, 1.807) is 0 Å². The minimum Gasteiger partial charge on any atom is -0.461 e. The lowest BCUT2D eigenvalue weighted by atomic mass is 9.72. The average molecular weight is 253 g/mol. The predicted molar refractivity (Wildman–Crippen MR) is 72.3 cm³/mol. The number of hydrogen-bond acceptors (Lipinski definition) is 3. The fourth-order valence-electron chi connectivity index (χ4n) is 3.18. The lowest BCUT2D eigenvalue weighted by Crippen LogP contribution is -2.37. The molecule has 3 nitrogen and oxygen atoms in total. The summed E-state index contributed by atoms with van der Waals surface area (Å²) >= 11 is 0. The lowest BCUT2D eigenvalue weighted by molar-refractivity contribution is -0.153. The first-order valence-corrected chi connectivity index (χ1v) is 7.40. The molecule has 1 saturated carbocycles. The second-order valence-corrected chi connectivity index (χ2v) is 6.93. The van der Waals surface area contributed by atoms with Gasteiger partial charge in [0.2, 0.25) is 0 Å². The van der Waals surface area contributed by atoms with Crippen molar-refractivity contribution in [3.8, 4) is 0 Å². The summed E-state index contributed by atoms with van der Waals surface area (Å²) in [5.41, 5.74) is 0.391. The van der Waals surface area contributed by atoms with Crippen molar-refractivity contribution in [1.29, 1.82) is 0 Å². The topological polar surface area (TPSA) is 38.3 Å². The van der Waals surface area contributed by atoms with Gasteiger partial charge in [0.1, 0.15) is 12.1 Å². The molecular weight excluding hydrogens is 226 g/mol. The minimum absolute atomic E-state index is 0.0216. The molecule has 2 rings (SSSR count). The highest BCUT2D eigenvalue weighted by Crippen LogP contribution is 2.38. The van der Waals surface area contributed by atoms with Gasteiger partial charge in [-0.1, -0.05) is 20.8 Å². The molecule has 2 aliphatic rings. The zero-order valence-electron chi connectivity index (χ0n) is 12.0. The number of hydrogen-bond donors (Lipinski definition) is 1. The molecule has 3 heteroatoms. The maximum atomic E-state index is 11.9.